The topological polar surface area (TPSA) is 157 Å². The maximum atomic E-state index is 11.7. The fraction of sp³-hybridized carbons (Fsp3) is 0.359. The zero-order valence-corrected chi connectivity index (χ0v) is 29.5. The monoisotopic (exact) mass is 714 g/mol. The van der Waals surface area contributed by atoms with Crippen LogP contribution in [-0.4, -0.2) is 75.7 Å². The number of aromatic nitrogens is 1. The molecule has 0 aliphatic carbocycles. The van der Waals surface area contributed by atoms with Gasteiger partial charge in [0.25, 0.3) is 0 Å². The van der Waals surface area contributed by atoms with Gasteiger partial charge in [0.05, 0.1) is 29.4 Å². The first-order valence-electron chi connectivity index (χ1n) is 16.9. The number of aliphatic hydroxyl groups excluding tert-OH is 2. The summed E-state index contributed by atoms with van der Waals surface area (Å²) in [6.07, 6.45) is 3.41. The summed E-state index contributed by atoms with van der Waals surface area (Å²) < 4.78 is 18.5. The Kier molecular flexibility index (Phi) is 13.2. The van der Waals surface area contributed by atoms with Crippen LogP contribution in [0.15, 0.2) is 73.1 Å². The average molecular weight is 715 g/mol. The summed E-state index contributed by atoms with van der Waals surface area (Å²) in [6.45, 7) is 6.94. The predicted molar refractivity (Wildman–Crippen MR) is 193 cm³/mol. The maximum Gasteiger partial charge on any atom is 0.323 e. The van der Waals surface area contributed by atoms with Gasteiger partial charge in [-0.05, 0) is 73.2 Å². The number of halogens is 1. The van der Waals surface area contributed by atoms with E-state index < -0.39 is 18.1 Å². The van der Waals surface area contributed by atoms with Gasteiger partial charge >= 0.3 is 5.97 Å². The summed E-state index contributed by atoms with van der Waals surface area (Å²) in [5.74, 6) is 0.361. The summed E-state index contributed by atoms with van der Waals surface area (Å²) in [7, 11) is 0. The predicted octanol–water partition coefficient (Wildman–Crippen LogP) is 5.50. The number of carboxylic acids is 1. The van der Waals surface area contributed by atoms with Crippen molar-refractivity contribution in [3.63, 3.8) is 0 Å². The number of pyridine rings is 1. The number of aliphatic hydroxyl groups is 2. The van der Waals surface area contributed by atoms with E-state index in [-0.39, 0.29) is 25.9 Å². The van der Waals surface area contributed by atoms with Gasteiger partial charge in [0.15, 0.2) is 0 Å². The van der Waals surface area contributed by atoms with Crippen molar-refractivity contribution in [2.45, 2.75) is 64.7 Å². The summed E-state index contributed by atoms with van der Waals surface area (Å²) >= 11 is 6.70. The van der Waals surface area contributed by atoms with Gasteiger partial charge < -0.3 is 34.4 Å². The first-order chi connectivity index (χ1) is 24.6. The zero-order chi connectivity index (χ0) is 36.3. The molecule has 1 saturated heterocycles. The highest BCUT2D eigenvalue weighted by Crippen LogP contribution is 2.35. The highest BCUT2D eigenvalue weighted by molar-refractivity contribution is 6.32. The molecule has 4 N–H and O–H groups in total. The summed E-state index contributed by atoms with van der Waals surface area (Å²) in [5.41, 5.74) is 5.68. The number of nitriles is 1. The van der Waals surface area contributed by atoms with Gasteiger partial charge in [-0.1, -0.05) is 41.9 Å². The van der Waals surface area contributed by atoms with E-state index >= 15 is 0 Å². The Bertz CT molecular complexity index is 1850. The molecule has 1 aliphatic heterocycles. The van der Waals surface area contributed by atoms with E-state index in [1.165, 1.54) is 13.1 Å². The zero-order valence-electron chi connectivity index (χ0n) is 28.7. The first kappa shape index (κ1) is 37.6. The molecule has 0 spiro atoms. The molecule has 0 amide bonds. The number of carboxylic acid groups (broad SMARTS) is 1. The highest BCUT2D eigenvalue weighted by atomic mass is 35.5. The normalized spacial score (nSPS) is 15.6. The van der Waals surface area contributed by atoms with Crippen LogP contribution < -0.4 is 19.5 Å². The van der Waals surface area contributed by atoms with Gasteiger partial charge in [-0.3, -0.25) is 15.1 Å². The van der Waals surface area contributed by atoms with Crippen LogP contribution in [0.25, 0.3) is 11.1 Å². The van der Waals surface area contributed by atoms with Crippen LogP contribution in [-0.2, 0) is 24.6 Å². The third kappa shape index (κ3) is 10.4. The summed E-state index contributed by atoms with van der Waals surface area (Å²) in [4.78, 5) is 18.0. The lowest BCUT2D eigenvalue weighted by Crippen LogP contribution is -2.44. The number of carbonyl (C=O) groups is 1. The second-order valence-corrected chi connectivity index (χ2v) is 13.1. The fourth-order valence-electron chi connectivity index (χ4n) is 5.99. The second kappa shape index (κ2) is 18.0. The lowest BCUT2D eigenvalue weighted by Gasteiger charge is -2.20. The van der Waals surface area contributed by atoms with Crippen molar-refractivity contribution >= 4 is 17.6 Å². The van der Waals surface area contributed by atoms with Crippen molar-refractivity contribution in [3.8, 4) is 34.4 Å². The van der Waals surface area contributed by atoms with E-state index in [9.17, 15) is 25.4 Å². The Labute approximate surface area is 303 Å². The van der Waals surface area contributed by atoms with Crippen LogP contribution in [0, 0.1) is 18.3 Å². The second-order valence-electron chi connectivity index (χ2n) is 12.7. The first-order valence-corrected chi connectivity index (χ1v) is 17.3. The molecule has 2 heterocycles. The van der Waals surface area contributed by atoms with E-state index in [2.05, 4.69) is 27.3 Å². The molecule has 3 aromatic carbocycles. The van der Waals surface area contributed by atoms with E-state index in [1.54, 1.807) is 24.4 Å². The molecule has 1 fully saturated rings. The van der Waals surface area contributed by atoms with Gasteiger partial charge in [0.1, 0.15) is 42.6 Å². The molecule has 1 aromatic heterocycles. The molecule has 268 valence electrons. The average Bonchev–Trinajstić information content (AvgIpc) is 3.54. The minimum Gasteiger partial charge on any atom is -0.494 e. The molecule has 3 atom stereocenters. The number of aliphatic carboxylic acids is 1. The van der Waals surface area contributed by atoms with Crippen molar-refractivity contribution in [1.82, 2.24) is 15.2 Å². The van der Waals surface area contributed by atoms with E-state index in [0.29, 0.717) is 39.8 Å². The van der Waals surface area contributed by atoms with Crippen molar-refractivity contribution in [1.29, 1.82) is 5.26 Å². The quantitative estimate of drug-likeness (QED) is 0.102. The van der Waals surface area contributed by atoms with Crippen molar-refractivity contribution < 1.29 is 34.3 Å². The van der Waals surface area contributed by atoms with Crippen LogP contribution in [0.1, 0.15) is 47.6 Å². The SMILES string of the molecule is Cc1c(COc2cc(OCc3cncc(C#N)c3)c(CNC(C(=O)O)C(C)O)cc2Cl)cccc1-c1cccc(OCCCN2CC[C@@H](O)C2)c1. The highest BCUT2D eigenvalue weighted by Gasteiger charge is 2.24. The van der Waals surface area contributed by atoms with Crippen LogP contribution >= 0.6 is 11.6 Å². The van der Waals surface area contributed by atoms with Crippen LogP contribution in [0.3, 0.4) is 0 Å². The molecule has 0 saturated carbocycles. The van der Waals surface area contributed by atoms with Gasteiger partial charge in [-0.25, -0.2) is 0 Å². The third-order valence-electron chi connectivity index (χ3n) is 8.80. The Balaban J connectivity index is 1.29. The van der Waals surface area contributed by atoms with Crippen LogP contribution in [0.2, 0.25) is 5.02 Å². The Hall–Kier alpha value is -4.70. The van der Waals surface area contributed by atoms with E-state index in [4.69, 9.17) is 25.8 Å². The van der Waals surface area contributed by atoms with Gasteiger partial charge in [-0.15, -0.1) is 0 Å². The van der Waals surface area contributed by atoms with Gasteiger partial charge in [0, 0.05) is 55.8 Å². The van der Waals surface area contributed by atoms with Crippen LogP contribution in [0.4, 0.5) is 0 Å². The van der Waals surface area contributed by atoms with Gasteiger partial charge in [-0.2, -0.15) is 5.26 Å². The third-order valence-corrected chi connectivity index (χ3v) is 9.10. The van der Waals surface area contributed by atoms with Crippen molar-refractivity contribution in [3.05, 3.63) is 106 Å². The smallest absolute Gasteiger partial charge is 0.323 e. The lowest BCUT2D eigenvalue weighted by molar-refractivity contribution is -0.142. The number of hydrogen-bond acceptors (Lipinski definition) is 10. The molecule has 4 aromatic rings. The molecule has 11 nitrogen and oxygen atoms in total. The minimum atomic E-state index is -1.21. The molecule has 0 radical (unpaired) electrons. The number of nitrogens with one attached hydrogen (secondary N) is 1. The largest absolute Gasteiger partial charge is 0.494 e. The molecular formula is C39H43ClN4O7. The van der Waals surface area contributed by atoms with Crippen LogP contribution in [0.5, 0.6) is 17.2 Å². The molecule has 2 unspecified atom stereocenters. The number of β-amino-alcohol motifs (C(OH)–C–C–N with tert-alkyl or cyclic N) is 1. The van der Waals surface area contributed by atoms with E-state index in [1.807, 2.05) is 43.3 Å². The summed E-state index contributed by atoms with van der Waals surface area (Å²) in [6, 6.07) is 19.9. The molecule has 0 bridgehead atoms. The summed E-state index contributed by atoms with van der Waals surface area (Å²) in [5, 5.41) is 41.7. The number of benzene rings is 3. The molecular weight excluding hydrogens is 672 g/mol. The van der Waals surface area contributed by atoms with Gasteiger partial charge in [0.2, 0.25) is 0 Å². The standard InChI is InChI=1S/C39H43ClN4O7/c1-25-30(7-4-9-34(25)29-6-3-8-33(15-29)49-13-5-11-44-12-10-32(46)22-44)24-51-37-17-36(50-23-28-14-27(18-41)19-42-20-28)31(16-35(37)40)21-43-38(26(2)45)39(47)48/h3-4,6-9,14-17,19-20,26,32,38,43,45-46H,5,10-13,21-24H2,1-2H3,(H,47,48)/t26?,32-,38?/m1/s1. The molecule has 12 heteroatoms. The molecule has 1 aliphatic rings. The Morgan fingerprint density at radius 1 is 1.08 bits per heavy atom. The number of rotatable bonds is 17. The Morgan fingerprint density at radius 3 is 2.63 bits per heavy atom. The van der Waals surface area contributed by atoms with Crippen molar-refractivity contribution in [2.24, 2.45) is 0 Å². The number of nitrogens with zero attached hydrogens (tertiary/aromatic N) is 3. The molecule has 51 heavy (non-hydrogen) atoms. The fourth-order valence-corrected chi connectivity index (χ4v) is 6.23. The van der Waals surface area contributed by atoms with E-state index in [0.717, 1.165) is 60.5 Å². The number of hydrogen-bond donors (Lipinski definition) is 4. The number of ether oxygens (including phenoxy) is 3. The number of likely N-dealkylation sites (tertiary alicyclic amines) is 1. The molecule has 5 rings (SSSR count). The lowest BCUT2D eigenvalue weighted by atomic mass is 9.96. The minimum absolute atomic E-state index is 0.0419. The maximum absolute atomic E-state index is 11.7. The van der Waals surface area contributed by atoms with Crippen molar-refractivity contribution in [2.75, 3.05) is 26.2 Å². The Morgan fingerprint density at radius 2 is 1.88 bits per heavy atom.